The average molecular weight is 821 g/mol. The molecule has 0 spiro atoms. The van der Waals surface area contributed by atoms with Crippen molar-refractivity contribution < 1.29 is 0 Å². The highest BCUT2D eigenvalue weighted by Gasteiger charge is 2.20. The van der Waals surface area contributed by atoms with Gasteiger partial charge in [0.15, 0.2) is 0 Å². The third kappa shape index (κ3) is 6.41. The van der Waals surface area contributed by atoms with E-state index in [1.54, 1.807) is 0 Å². The fourth-order valence-corrected chi connectivity index (χ4v) is 10.7. The molecule has 0 radical (unpaired) electrons. The molecule has 0 aliphatic heterocycles. The van der Waals surface area contributed by atoms with Gasteiger partial charge in [-0.2, -0.15) is 0 Å². The van der Waals surface area contributed by atoms with Crippen LogP contribution in [0.2, 0.25) is 0 Å². The van der Waals surface area contributed by atoms with Gasteiger partial charge in [-0.05, 0) is 106 Å². The molecule has 3 heteroatoms. The minimum absolute atomic E-state index is 1.09. The summed E-state index contributed by atoms with van der Waals surface area (Å²) in [6.07, 6.45) is 0. The summed E-state index contributed by atoms with van der Waals surface area (Å²) in [7, 11) is 0. The van der Waals surface area contributed by atoms with Gasteiger partial charge in [-0.25, -0.2) is 0 Å². The van der Waals surface area contributed by atoms with Crippen LogP contribution in [0.25, 0.3) is 92.2 Å². The molecule has 0 amide bonds. The predicted molar refractivity (Wildman–Crippen MR) is 270 cm³/mol. The van der Waals surface area contributed by atoms with E-state index in [2.05, 4.69) is 252 Å². The molecule has 12 rings (SSSR count). The molecule has 2 aromatic heterocycles. The summed E-state index contributed by atoms with van der Waals surface area (Å²) in [5.74, 6) is 0. The molecule has 12 aromatic rings. The Morgan fingerprint density at radius 2 is 0.873 bits per heavy atom. The maximum atomic E-state index is 2.47. The maximum Gasteiger partial charge on any atom is 0.0640 e. The molecule has 0 bridgehead atoms. The van der Waals surface area contributed by atoms with Crippen molar-refractivity contribution in [2.75, 3.05) is 4.90 Å². The van der Waals surface area contributed by atoms with Crippen LogP contribution in [0.15, 0.2) is 243 Å². The minimum Gasteiger partial charge on any atom is -0.310 e. The largest absolute Gasteiger partial charge is 0.310 e. The lowest BCUT2D eigenvalue weighted by Gasteiger charge is -2.28. The van der Waals surface area contributed by atoms with Crippen LogP contribution in [0.5, 0.6) is 0 Å². The number of para-hydroxylation sites is 2. The number of anilines is 3. The van der Waals surface area contributed by atoms with E-state index in [4.69, 9.17) is 0 Å². The zero-order valence-corrected chi connectivity index (χ0v) is 35.2. The number of benzene rings is 10. The summed E-state index contributed by atoms with van der Waals surface area (Å²) < 4.78 is 5.09. The molecule has 0 fully saturated rings. The summed E-state index contributed by atoms with van der Waals surface area (Å²) in [5.41, 5.74) is 16.5. The van der Waals surface area contributed by atoms with E-state index in [1.807, 2.05) is 11.3 Å². The van der Waals surface area contributed by atoms with Gasteiger partial charge in [-0.1, -0.05) is 176 Å². The quantitative estimate of drug-likeness (QED) is 0.148. The van der Waals surface area contributed by atoms with Crippen LogP contribution < -0.4 is 4.90 Å². The number of rotatable bonds is 8. The summed E-state index contributed by atoms with van der Waals surface area (Å²) >= 11 is 1.88. The molecule has 2 heterocycles. The van der Waals surface area contributed by atoms with Crippen molar-refractivity contribution in [3.63, 3.8) is 0 Å². The lowest BCUT2D eigenvalue weighted by Crippen LogP contribution is -2.11. The highest BCUT2D eigenvalue weighted by molar-refractivity contribution is 7.26. The smallest absolute Gasteiger partial charge is 0.0640 e. The zero-order valence-electron chi connectivity index (χ0n) is 34.4. The standard InChI is InChI=1S/C60H40N2S/c1-4-17-41(18-5-1)44-33-37-56(53(39-44)42-19-6-2-7-20-42)61(46-21-8-3-9-22-46)47-35-31-43(32-36-47)48-23-10-11-24-49(48)45-34-38-57-54(40-45)50-25-12-14-28-55(50)62(57)58-29-16-27-52-51-26-13-15-30-59(51)63-60(52)58/h1-40H. The lowest BCUT2D eigenvalue weighted by atomic mass is 9.93. The average Bonchev–Trinajstić information content (AvgIpc) is 3.91. The molecule has 0 atom stereocenters. The van der Waals surface area contributed by atoms with Gasteiger partial charge in [0, 0.05) is 43.2 Å². The zero-order chi connectivity index (χ0) is 41.7. The monoisotopic (exact) mass is 820 g/mol. The first-order valence-corrected chi connectivity index (χ1v) is 22.3. The molecule has 10 aromatic carbocycles. The fourth-order valence-electron chi connectivity index (χ4n) is 9.48. The molecule has 0 saturated carbocycles. The fraction of sp³-hybridized carbons (Fsp3) is 0. The predicted octanol–water partition coefficient (Wildman–Crippen LogP) is 17.3. The highest BCUT2D eigenvalue weighted by Crippen LogP contribution is 2.45. The Labute approximate surface area is 370 Å². The van der Waals surface area contributed by atoms with Crippen LogP contribution in [0.3, 0.4) is 0 Å². The van der Waals surface area contributed by atoms with Crippen LogP contribution in [0.4, 0.5) is 17.1 Å². The van der Waals surface area contributed by atoms with E-state index in [1.165, 1.54) is 92.2 Å². The Hall–Kier alpha value is -7.98. The SMILES string of the molecule is c1ccc(-c2ccc(N(c3ccccc3)c3ccc(-c4ccccc4-c4ccc5c(c4)c4ccccc4n5-c4cccc5c4sc4ccccc45)cc3)c(-c3ccccc3)c2)cc1. The molecular formula is C60H40N2S. The summed E-state index contributed by atoms with van der Waals surface area (Å²) in [6, 6.07) is 88.2. The second-order valence-corrected chi connectivity index (χ2v) is 17.1. The van der Waals surface area contributed by atoms with E-state index < -0.39 is 0 Å². The Morgan fingerprint density at radius 1 is 0.317 bits per heavy atom. The van der Waals surface area contributed by atoms with E-state index in [-0.39, 0.29) is 0 Å². The molecule has 0 unspecified atom stereocenters. The van der Waals surface area contributed by atoms with Crippen molar-refractivity contribution in [1.29, 1.82) is 0 Å². The molecule has 0 aliphatic carbocycles. The van der Waals surface area contributed by atoms with Gasteiger partial charge in [0.2, 0.25) is 0 Å². The number of nitrogens with zero attached hydrogens (tertiary/aromatic N) is 2. The van der Waals surface area contributed by atoms with Crippen molar-refractivity contribution in [3.05, 3.63) is 243 Å². The molecule has 63 heavy (non-hydrogen) atoms. The van der Waals surface area contributed by atoms with Gasteiger partial charge in [-0.15, -0.1) is 11.3 Å². The van der Waals surface area contributed by atoms with Gasteiger partial charge in [0.05, 0.1) is 27.1 Å². The Morgan fingerprint density at radius 3 is 1.65 bits per heavy atom. The van der Waals surface area contributed by atoms with E-state index in [0.29, 0.717) is 0 Å². The topological polar surface area (TPSA) is 8.17 Å². The van der Waals surface area contributed by atoms with Crippen LogP contribution in [-0.4, -0.2) is 4.57 Å². The molecule has 296 valence electrons. The number of hydrogen-bond donors (Lipinski definition) is 0. The van der Waals surface area contributed by atoms with E-state index in [0.717, 1.165) is 17.1 Å². The Bertz CT molecular complexity index is 3600. The number of aromatic nitrogens is 1. The Kier molecular flexibility index (Phi) is 9.06. The molecule has 2 nitrogen and oxygen atoms in total. The van der Waals surface area contributed by atoms with Crippen molar-refractivity contribution in [3.8, 4) is 50.2 Å². The van der Waals surface area contributed by atoms with Crippen molar-refractivity contribution in [1.82, 2.24) is 4.57 Å². The molecule has 0 saturated heterocycles. The third-order valence-electron chi connectivity index (χ3n) is 12.4. The lowest BCUT2D eigenvalue weighted by molar-refractivity contribution is 1.20. The van der Waals surface area contributed by atoms with Gasteiger partial charge in [-0.3, -0.25) is 0 Å². The maximum absolute atomic E-state index is 2.47. The van der Waals surface area contributed by atoms with Gasteiger partial charge >= 0.3 is 0 Å². The summed E-state index contributed by atoms with van der Waals surface area (Å²) in [4.78, 5) is 2.38. The van der Waals surface area contributed by atoms with Crippen LogP contribution in [0.1, 0.15) is 0 Å². The minimum atomic E-state index is 1.09. The van der Waals surface area contributed by atoms with Gasteiger partial charge in [0.25, 0.3) is 0 Å². The number of fused-ring (bicyclic) bond motifs is 6. The first kappa shape index (κ1) is 36.8. The number of thiophene rings is 1. The van der Waals surface area contributed by atoms with Gasteiger partial charge in [0.1, 0.15) is 0 Å². The third-order valence-corrected chi connectivity index (χ3v) is 13.6. The van der Waals surface area contributed by atoms with E-state index in [9.17, 15) is 0 Å². The second-order valence-electron chi connectivity index (χ2n) is 16.1. The van der Waals surface area contributed by atoms with Crippen molar-refractivity contribution in [2.45, 2.75) is 0 Å². The molecular weight excluding hydrogens is 781 g/mol. The number of hydrogen-bond acceptors (Lipinski definition) is 2. The first-order valence-electron chi connectivity index (χ1n) is 21.5. The summed E-state index contributed by atoms with van der Waals surface area (Å²) in [5, 5.41) is 5.12. The van der Waals surface area contributed by atoms with Gasteiger partial charge < -0.3 is 9.47 Å². The normalized spacial score (nSPS) is 11.5. The van der Waals surface area contributed by atoms with E-state index >= 15 is 0 Å². The van der Waals surface area contributed by atoms with Crippen molar-refractivity contribution >= 4 is 70.4 Å². The van der Waals surface area contributed by atoms with Crippen LogP contribution >= 0.6 is 11.3 Å². The first-order chi connectivity index (χ1) is 31.3. The molecule has 0 aliphatic rings. The van der Waals surface area contributed by atoms with Crippen LogP contribution in [0, 0.1) is 0 Å². The summed E-state index contributed by atoms with van der Waals surface area (Å²) in [6.45, 7) is 0. The van der Waals surface area contributed by atoms with Crippen molar-refractivity contribution in [2.24, 2.45) is 0 Å². The second kappa shape index (κ2) is 15.5. The van der Waals surface area contributed by atoms with Crippen LogP contribution in [-0.2, 0) is 0 Å². The highest BCUT2D eigenvalue weighted by atomic mass is 32.1. The Balaban J connectivity index is 0.961. The molecule has 0 N–H and O–H groups in total.